The number of aromatic nitrogens is 2. The van der Waals surface area contributed by atoms with Crippen LogP contribution in [0.15, 0.2) is 18.2 Å². The van der Waals surface area contributed by atoms with Crippen LogP contribution >= 0.6 is 0 Å². The van der Waals surface area contributed by atoms with E-state index in [1.807, 2.05) is 6.07 Å². The Morgan fingerprint density at radius 3 is 2.76 bits per heavy atom. The number of halogens is 3. The highest BCUT2D eigenvalue weighted by molar-refractivity contribution is 5.76. The average Bonchev–Trinajstić information content (AvgIpc) is 2.85. The molecule has 1 aromatic heterocycles. The number of rotatable bonds is 1. The lowest BCUT2D eigenvalue weighted by Gasteiger charge is -2.40. The van der Waals surface area contributed by atoms with Crippen molar-refractivity contribution in [3.8, 4) is 0 Å². The van der Waals surface area contributed by atoms with Gasteiger partial charge >= 0.3 is 6.18 Å². The molecular formula is C15H18F3N3. The van der Waals surface area contributed by atoms with Crippen molar-refractivity contribution in [1.29, 1.82) is 0 Å². The summed E-state index contributed by atoms with van der Waals surface area (Å²) in [7, 11) is 0. The van der Waals surface area contributed by atoms with E-state index in [0.717, 1.165) is 25.1 Å². The van der Waals surface area contributed by atoms with Crippen molar-refractivity contribution in [1.82, 2.24) is 15.3 Å². The molecule has 0 aliphatic carbocycles. The molecule has 0 saturated carbocycles. The quantitative estimate of drug-likeness (QED) is 0.846. The highest BCUT2D eigenvalue weighted by atomic mass is 19.4. The van der Waals surface area contributed by atoms with Crippen LogP contribution in [-0.4, -0.2) is 23.1 Å². The maximum absolute atomic E-state index is 12.7. The first kappa shape index (κ1) is 14.4. The van der Waals surface area contributed by atoms with Gasteiger partial charge in [-0.1, -0.05) is 19.9 Å². The summed E-state index contributed by atoms with van der Waals surface area (Å²) in [4.78, 5) is 6.04. The Labute approximate surface area is 121 Å². The molecule has 114 valence electrons. The molecule has 3 rings (SSSR count). The maximum Gasteiger partial charge on any atom is 0.449 e. The zero-order valence-corrected chi connectivity index (χ0v) is 12.0. The average molecular weight is 297 g/mol. The molecule has 6 heteroatoms. The summed E-state index contributed by atoms with van der Waals surface area (Å²) in [5.41, 5.74) is 1.84. The number of piperidine rings is 1. The van der Waals surface area contributed by atoms with Gasteiger partial charge in [-0.3, -0.25) is 0 Å². The van der Waals surface area contributed by atoms with Crippen molar-refractivity contribution in [2.45, 2.75) is 31.9 Å². The SMILES string of the molecule is CC1CNCCC1(C)c1ccc2[nH]c(C(F)(F)F)nc2c1. The second-order valence-electron chi connectivity index (χ2n) is 6.09. The van der Waals surface area contributed by atoms with E-state index < -0.39 is 12.0 Å². The number of fused-ring (bicyclic) bond motifs is 1. The summed E-state index contributed by atoms with van der Waals surface area (Å²) in [6.07, 6.45) is -3.47. The summed E-state index contributed by atoms with van der Waals surface area (Å²) >= 11 is 0. The van der Waals surface area contributed by atoms with Crippen LogP contribution in [-0.2, 0) is 11.6 Å². The molecule has 21 heavy (non-hydrogen) atoms. The molecule has 2 atom stereocenters. The number of H-pyrrole nitrogens is 1. The zero-order valence-electron chi connectivity index (χ0n) is 12.0. The van der Waals surface area contributed by atoms with E-state index in [1.165, 1.54) is 0 Å². The molecule has 0 radical (unpaired) electrons. The van der Waals surface area contributed by atoms with Gasteiger partial charge in [-0.25, -0.2) is 4.98 Å². The molecule has 1 aliphatic heterocycles. The van der Waals surface area contributed by atoms with E-state index >= 15 is 0 Å². The third-order valence-corrected chi connectivity index (χ3v) is 4.77. The van der Waals surface area contributed by atoms with Crippen LogP contribution in [0.4, 0.5) is 13.2 Å². The molecule has 0 spiro atoms. The van der Waals surface area contributed by atoms with Crippen LogP contribution < -0.4 is 5.32 Å². The Bertz CT molecular complexity index is 662. The van der Waals surface area contributed by atoms with Crippen LogP contribution in [0.25, 0.3) is 11.0 Å². The summed E-state index contributed by atoms with van der Waals surface area (Å²) in [5, 5.41) is 3.35. The largest absolute Gasteiger partial charge is 0.449 e. The molecule has 2 aromatic rings. The molecule has 2 unspecified atom stereocenters. The molecule has 1 aromatic carbocycles. The number of nitrogens with zero attached hydrogens (tertiary/aromatic N) is 1. The van der Waals surface area contributed by atoms with Crippen LogP contribution in [0.2, 0.25) is 0 Å². The smallest absolute Gasteiger partial charge is 0.334 e. The van der Waals surface area contributed by atoms with Crippen molar-refractivity contribution in [2.75, 3.05) is 13.1 Å². The van der Waals surface area contributed by atoms with Crippen LogP contribution in [0.3, 0.4) is 0 Å². The maximum atomic E-state index is 12.7. The lowest BCUT2D eigenvalue weighted by Crippen LogP contribution is -2.44. The minimum Gasteiger partial charge on any atom is -0.334 e. The highest BCUT2D eigenvalue weighted by Gasteiger charge is 2.37. The van der Waals surface area contributed by atoms with Gasteiger partial charge < -0.3 is 10.3 Å². The Morgan fingerprint density at radius 2 is 2.10 bits per heavy atom. The van der Waals surface area contributed by atoms with Gasteiger partial charge in [0.25, 0.3) is 0 Å². The predicted molar refractivity (Wildman–Crippen MR) is 75.1 cm³/mol. The van der Waals surface area contributed by atoms with Gasteiger partial charge in [0, 0.05) is 0 Å². The van der Waals surface area contributed by atoms with Crippen molar-refractivity contribution in [2.24, 2.45) is 5.92 Å². The minimum atomic E-state index is -4.44. The number of alkyl halides is 3. The van der Waals surface area contributed by atoms with Gasteiger partial charge in [0.2, 0.25) is 5.82 Å². The number of hydrogen-bond donors (Lipinski definition) is 2. The topological polar surface area (TPSA) is 40.7 Å². The summed E-state index contributed by atoms with van der Waals surface area (Å²) in [5.74, 6) is -0.511. The van der Waals surface area contributed by atoms with E-state index in [0.29, 0.717) is 17.0 Å². The zero-order chi connectivity index (χ0) is 15.3. The summed E-state index contributed by atoms with van der Waals surface area (Å²) in [6, 6.07) is 5.41. The first-order chi connectivity index (χ1) is 9.80. The monoisotopic (exact) mass is 297 g/mol. The fourth-order valence-corrected chi connectivity index (χ4v) is 3.06. The van der Waals surface area contributed by atoms with Gasteiger partial charge in [-0.05, 0) is 48.5 Å². The molecular weight excluding hydrogens is 279 g/mol. The first-order valence-electron chi connectivity index (χ1n) is 7.09. The fraction of sp³-hybridized carbons (Fsp3) is 0.533. The number of aromatic amines is 1. The fourth-order valence-electron chi connectivity index (χ4n) is 3.06. The van der Waals surface area contributed by atoms with Crippen molar-refractivity contribution in [3.05, 3.63) is 29.6 Å². The number of benzene rings is 1. The second kappa shape index (κ2) is 4.73. The molecule has 3 nitrogen and oxygen atoms in total. The molecule has 1 fully saturated rings. The third-order valence-electron chi connectivity index (χ3n) is 4.77. The van der Waals surface area contributed by atoms with Crippen LogP contribution in [0.5, 0.6) is 0 Å². The van der Waals surface area contributed by atoms with Crippen molar-refractivity contribution in [3.63, 3.8) is 0 Å². The highest BCUT2D eigenvalue weighted by Crippen LogP contribution is 2.38. The normalized spacial score (nSPS) is 27.2. The number of hydrogen-bond acceptors (Lipinski definition) is 2. The Kier molecular flexibility index (Phi) is 3.24. The molecule has 2 heterocycles. The standard InChI is InChI=1S/C15H18F3N3/c1-9-8-19-6-5-14(9,2)10-3-4-11-12(7-10)21-13(20-11)15(16,17)18/h3-4,7,9,19H,5-6,8H2,1-2H3,(H,20,21). The van der Waals surface area contributed by atoms with E-state index in [-0.39, 0.29) is 5.41 Å². The van der Waals surface area contributed by atoms with Crippen LogP contribution in [0, 0.1) is 5.92 Å². The summed E-state index contributed by atoms with van der Waals surface area (Å²) in [6.45, 7) is 6.19. The second-order valence-corrected chi connectivity index (χ2v) is 6.09. The van der Waals surface area contributed by atoms with Gasteiger partial charge in [0.05, 0.1) is 11.0 Å². The van der Waals surface area contributed by atoms with E-state index in [2.05, 4.69) is 29.1 Å². The van der Waals surface area contributed by atoms with Gasteiger partial charge in [-0.2, -0.15) is 13.2 Å². The minimum absolute atomic E-state index is 0.0310. The lowest BCUT2D eigenvalue weighted by molar-refractivity contribution is -0.144. The van der Waals surface area contributed by atoms with E-state index in [1.54, 1.807) is 12.1 Å². The number of nitrogens with one attached hydrogen (secondary N) is 2. The Hall–Kier alpha value is -1.56. The van der Waals surface area contributed by atoms with Gasteiger partial charge in [-0.15, -0.1) is 0 Å². The van der Waals surface area contributed by atoms with E-state index in [4.69, 9.17) is 0 Å². The predicted octanol–water partition coefficient (Wildman–Crippen LogP) is 3.47. The van der Waals surface area contributed by atoms with Crippen molar-refractivity contribution < 1.29 is 13.2 Å². The molecule has 0 amide bonds. The van der Waals surface area contributed by atoms with Gasteiger partial charge in [0.1, 0.15) is 0 Å². The molecule has 1 saturated heterocycles. The van der Waals surface area contributed by atoms with Gasteiger partial charge in [0.15, 0.2) is 0 Å². The molecule has 1 aliphatic rings. The Balaban J connectivity index is 2.04. The molecule has 2 N–H and O–H groups in total. The Morgan fingerprint density at radius 1 is 1.33 bits per heavy atom. The van der Waals surface area contributed by atoms with Crippen LogP contribution in [0.1, 0.15) is 31.7 Å². The third kappa shape index (κ3) is 2.41. The first-order valence-corrected chi connectivity index (χ1v) is 7.09. The number of imidazole rings is 1. The van der Waals surface area contributed by atoms with Crippen molar-refractivity contribution >= 4 is 11.0 Å². The summed E-state index contributed by atoms with van der Waals surface area (Å²) < 4.78 is 38.2. The lowest BCUT2D eigenvalue weighted by atomic mass is 9.68. The molecule has 0 bridgehead atoms. The van der Waals surface area contributed by atoms with E-state index in [9.17, 15) is 13.2 Å².